The molecule has 1 heterocycles. The average Bonchev–Trinajstić information content (AvgIpc) is 2.98. The molecule has 0 amide bonds. The van der Waals surface area contributed by atoms with Gasteiger partial charge in [-0.2, -0.15) is 0 Å². The van der Waals surface area contributed by atoms with Crippen molar-refractivity contribution in [1.82, 2.24) is 25.5 Å². The maximum absolute atomic E-state index is 4.05. The van der Waals surface area contributed by atoms with Crippen LogP contribution in [0.15, 0.2) is 5.16 Å². The molecule has 1 aliphatic carbocycles. The van der Waals surface area contributed by atoms with Gasteiger partial charge in [-0.3, -0.25) is 0 Å². The fourth-order valence-electron chi connectivity index (χ4n) is 1.43. The summed E-state index contributed by atoms with van der Waals surface area (Å²) in [7, 11) is 0. The smallest absolute Gasteiger partial charge is 0.209 e. The Kier molecular flexibility index (Phi) is 4.17. The molecule has 0 aliphatic heterocycles. The fraction of sp³-hybridized carbons (Fsp3) is 0.900. The molecular formula is C10H19N5S. The van der Waals surface area contributed by atoms with Crippen LogP contribution in [0.4, 0.5) is 0 Å². The van der Waals surface area contributed by atoms with Gasteiger partial charge < -0.3 is 5.32 Å². The lowest BCUT2D eigenvalue weighted by Gasteiger charge is -2.06. The summed E-state index contributed by atoms with van der Waals surface area (Å²) in [6.45, 7) is 6.52. The molecule has 5 nitrogen and oxygen atoms in total. The van der Waals surface area contributed by atoms with Crippen molar-refractivity contribution >= 4 is 11.8 Å². The molecule has 1 aromatic rings. The summed E-state index contributed by atoms with van der Waals surface area (Å²) in [5.74, 6) is 1.74. The van der Waals surface area contributed by atoms with Crippen molar-refractivity contribution in [3.63, 3.8) is 0 Å². The number of hydrogen-bond donors (Lipinski definition) is 1. The molecule has 1 fully saturated rings. The maximum Gasteiger partial charge on any atom is 0.209 e. The van der Waals surface area contributed by atoms with Crippen LogP contribution in [0.25, 0.3) is 0 Å². The van der Waals surface area contributed by atoms with Crippen molar-refractivity contribution < 1.29 is 0 Å². The zero-order valence-electron chi connectivity index (χ0n) is 9.89. The van der Waals surface area contributed by atoms with Crippen molar-refractivity contribution in [3.05, 3.63) is 0 Å². The van der Waals surface area contributed by atoms with Crippen LogP contribution in [0.5, 0.6) is 0 Å². The number of rotatable bonds is 7. The van der Waals surface area contributed by atoms with Crippen molar-refractivity contribution in [2.45, 2.75) is 37.9 Å². The summed E-state index contributed by atoms with van der Waals surface area (Å²) in [6.07, 6.45) is 2.45. The van der Waals surface area contributed by atoms with Crippen LogP contribution in [-0.2, 0) is 0 Å². The molecule has 0 saturated heterocycles. The molecule has 1 aliphatic rings. The van der Waals surface area contributed by atoms with E-state index in [1.165, 1.54) is 12.8 Å². The van der Waals surface area contributed by atoms with Crippen LogP contribution >= 0.6 is 11.8 Å². The van der Waals surface area contributed by atoms with Gasteiger partial charge in [-0.25, -0.2) is 4.68 Å². The third kappa shape index (κ3) is 3.45. The Morgan fingerprint density at radius 2 is 2.31 bits per heavy atom. The van der Waals surface area contributed by atoms with Crippen LogP contribution in [0, 0.1) is 5.92 Å². The van der Waals surface area contributed by atoms with E-state index in [1.54, 1.807) is 11.8 Å². The Bertz CT molecular complexity index is 321. The van der Waals surface area contributed by atoms with E-state index in [9.17, 15) is 0 Å². The summed E-state index contributed by atoms with van der Waals surface area (Å²) >= 11 is 1.74. The highest BCUT2D eigenvalue weighted by atomic mass is 32.2. The molecular weight excluding hydrogens is 222 g/mol. The first kappa shape index (κ1) is 11.9. The van der Waals surface area contributed by atoms with Gasteiger partial charge in [0.1, 0.15) is 0 Å². The second kappa shape index (κ2) is 5.63. The van der Waals surface area contributed by atoms with Crippen molar-refractivity contribution in [3.8, 4) is 0 Å². The van der Waals surface area contributed by atoms with Gasteiger partial charge in [0.25, 0.3) is 0 Å². The Hall–Kier alpha value is -0.620. The van der Waals surface area contributed by atoms with E-state index in [0.29, 0.717) is 12.0 Å². The standard InChI is InChI=1S/C10H19N5S/c1-8(2)7-11-5-6-16-10-12-13-14-15(10)9-3-4-9/h8-9,11H,3-7H2,1-2H3. The summed E-state index contributed by atoms with van der Waals surface area (Å²) < 4.78 is 1.97. The van der Waals surface area contributed by atoms with Gasteiger partial charge in [-0.15, -0.1) is 5.10 Å². The number of tetrazole rings is 1. The quantitative estimate of drug-likeness (QED) is 0.577. The van der Waals surface area contributed by atoms with Crippen LogP contribution in [0.2, 0.25) is 0 Å². The summed E-state index contributed by atoms with van der Waals surface area (Å²) in [6, 6.07) is 0.570. The SMILES string of the molecule is CC(C)CNCCSc1nnnn1C1CC1. The first-order valence-electron chi connectivity index (χ1n) is 5.88. The molecule has 16 heavy (non-hydrogen) atoms. The topological polar surface area (TPSA) is 55.6 Å². The molecule has 90 valence electrons. The van der Waals surface area contributed by atoms with Crippen LogP contribution in [0.3, 0.4) is 0 Å². The molecule has 6 heteroatoms. The predicted octanol–water partition coefficient (Wildman–Crippen LogP) is 1.35. The van der Waals surface area contributed by atoms with E-state index in [2.05, 4.69) is 34.7 Å². The average molecular weight is 241 g/mol. The summed E-state index contributed by atoms with van der Waals surface area (Å²) in [5, 5.41) is 16.2. The zero-order valence-corrected chi connectivity index (χ0v) is 10.7. The lowest BCUT2D eigenvalue weighted by molar-refractivity contribution is 0.561. The van der Waals surface area contributed by atoms with Crippen LogP contribution in [0.1, 0.15) is 32.7 Å². The fourth-order valence-corrected chi connectivity index (χ4v) is 2.28. The van der Waals surface area contributed by atoms with Gasteiger partial charge in [-0.05, 0) is 35.7 Å². The van der Waals surface area contributed by atoms with E-state index in [-0.39, 0.29) is 0 Å². The highest BCUT2D eigenvalue weighted by Crippen LogP contribution is 2.36. The third-order valence-electron chi connectivity index (χ3n) is 2.42. The van der Waals surface area contributed by atoms with E-state index in [0.717, 1.165) is 24.0 Å². The number of nitrogens with zero attached hydrogens (tertiary/aromatic N) is 4. The van der Waals surface area contributed by atoms with E-state index >= 15 is 0 Å². The Morgan fingerprint density at radius 1 is 1.50 bits per heavy atom. The molecule has 0 atom stereocenters. The Labute approximate surface area is 100 Å². The first-order chi connectivity index (χ1) is 7.77. The lowest BCUT2D eigenvalue weighted by Crippen LogP contribution is -2.22. The first-order valence-corrected chi connectivity index (χ1v) is 6.87. The van der Waals surface area contributed by atoms with E-state index in [4.69, 9.17) is 0 Å². The largest absolute Gasteiger partial charge is 0.316 e. The molecule has 1 N–H and O–H groups in total. The Morgan fingerprint density at radius 3 is 3.00 bits per heavy atom. The highest BCUT2D eigenvalue weighted by Gasteiger charge is 2.27. The number of thioether (sulfide) groups is 1. The van der Waals surface area contributed by atoms with Crippen molar-refractivity contribution in [2.75, 3.05) is 18.8 Å². The lowest BCUT2D eigenvalue weighted by atomic mass is 10.2. The van der Waals surface area contributed by atoms with Gasteiger partial charge in [0.05, 0.1) is 6.04 Å². The van der Waals surface area contributed by atoms with Gasteiger partial charge in [0.2, 0.25) is 5.16 Å². The zero-order chi connectivity index (χ0) is 11.4. The molecule has 0 radical (unpaired) electrons. The summed E-state index contributed by atoms with van der Waals surface area (Å²) in [5.41, 5.74) is 0. The number of aromatic nitrogens is 4. The summed E-state index contributed by atoms with van der Waals surface area (Å²) in [4.78, 5) is 0. The maximum atomic E-state index is 4.05. The minimum atomic E-state index is 0.570. The molecule has 0 spiro atoms. The molecule has 1 saturated carbocycles. The van der Waals surface area contributed by atoms with Gasteiger partial charge in [0.15, 0.2) is 0 Å². The Balaban J connectivity index is 1.67. The predicted molar refractivity (Wildman–Crippen MR) is 64.5 cm³/mol. The molecule has 0 unspecified atom stereocenters. The van der Waals surface area contributed by atoms with Crippen LogP contribution in [-0.4, -0.2) is 39.0 Å². The molecule has 0 aromatic carbocycles. The minimum absolute atomic E-state index is 0.570. The van der Waals surface area contributed by atoms with Gasteiger partial charge >= 0.3 is 0 Å². The van der Waals surface area contributed by atoms with Crippen molar-refractivity contribution in [1.29, 1.82) is 0 Å². The number of hydrogen-bond acceptors (Lipinski definition) is 5. The molecule has 1 aromatic heterocycles. The third-order valence-corrected chi connectivity index (χ3v) is 3.35. The molecule has 2 rings (SSSR count). The van der Waals surface area contributed by atoms with E-state index < -0.39 is 0 Å². The van der Waals surface area contributed by atoms with E-state index in [1.807, 2.05) is 4.68 Å². The highest BCUT2D eigenvalue weighted by molar-refractivity contribution is 7.99. The van der Waals surface area contributed by atoms with Crippen molar-refractivity contribution in [2.24, 2.45) is 5.92 Å². The molecule has 0 bridgehead atoms. The second-order valence-corrected chi connectivity index (χ2v) is 5.65. The van der Waals surface area contributed by atoms with Gasteiger partial charge in [0, 0.05) is 12.3 Å². The number of nitrogens with one attached hydrogen (secondary N) is 1. The normalized spacial score (nSPS) is 15.9. The van der Waals surface area contributed by atoms with Gasteiger partial charge in [-0.1, -0.05) is 25.6 Å². The second-order valence-electron chi connectivity index (χ2n) is 4.58. The minimum Gasteiger partial charge on any atom is -0.316 e. The monoisotopic (exact) mass is 241 g/mol. The van der Waals surface area contributed by atoms with Crippen LogP contribution < -0.4 is 5.32 Å².